The van der Waals surface area contributed by atoms with Crippen LogP contribution in [0.15, 0.2) is 35.0 Å². The third-order valence-electron chi connectivity index (χ3n) is 3.51. The van der Waals surface area contributed by atoms with Gasteiger partial charge in [-0.25, -0.2) is 4.79 Å². The third kappa shape index (κ3) is 7.31. The van der Waals surface area contributed by atoms with Crippen LogP contribution in [0.3, 0.4) is 0 Å². The molecular weight excluding hydrogens is 306 g/mol. The minimum absolute atomic E-state index is 0.263. The number of oxime groups is 1. The minimum Gasteiger partial charge on any atom is -0.497 e. The average molecular weight is 333 g/mol. The van der Waals surface area contributed by atoms with Gasteiger partial charge in [-0.2, -0.15) is 0 Å². The van der Waals surface area contributed by atoms with E-state index in [4.69, 9.17) is 14.3 Å². The second kappa shape index (κ2) is 10.5. The first-order valence-electron chi connectivity index (χ1n) is 8.04. The van der Waals surface area contributed by atoms with Gasteiger partial charge < -0.3 is 14.3 Å². The van der Waals surface area contributed by atoms with Crippen molar-refractivity contribution in [2.24, 2.45) is 11.1 Å². The highest BCUT2D eigenvalue weighted by molar-refractivity contribution is 5.84. The van der Waals surface area contributed by atoms with Crippen LogP contribution in [0.25, 0.3) is 0 Å². The van der Waals surface area contributed by atoms with Crippen LogP contribution in [0.2, 0.25) is 0 Å². The van der Waals surface area contributed by atoms with Crippen LogP contribution in [0.1, 0.15) is 45.6 Å². The molecule has 1 atom stereocenters. The molecule has 0 heterocycles. The number of methoxy groups -OCH3 is 2. The largest absolute Gasteiger partial charge is 0.497 e. The molecule has 0 amide bonds. The van der Waals surface area contributed by atoms with Gasteiger partial charge in [-0.3, -0.25) is 0 Å². The topological polar surface area (TPSA) is 57.1 Å². The quantitative estimate of drug-likeness (QED) is 0.292. The summed E-state index contributed by atoms with van der Waals surface area (Å²) in [5.41, 5.74) is 2.01. The van der Waals surface area contributed by atoms with Crippen LogP contribution in [-0.4, -0.2) is 26.4 Å². The van der Waals surface area contributed by atoms with E-state index in [2.05, 4.69) is 25.1 Å². The lowest BCUT2D eigenvalue weighted by molar-refractivity contribution is -0.144. The Balaban J connectivity index is 2.49. The van der Waals surface area contributed by atoms with Gasteiger partial charge in [-0.05, 0) is 44.7 Å². The summed E-state index contributed by atoms with van der Waals surface area (Å²) in [5, 5.41) is 3.76. The summed E-state index contributed by atoms with van der Waals surface area (Å²) in [6.07, 6.45) is 5.92. The van der Waals surface area contributed by atoms with Crippen molar-refractivity contribution < 1.29 is 19.1 Å². The number of ether oxygens (including phenoxy) is 2. The molecule has 1 unspecified atom stereocenters. The van der Waals surface area contributed by atoms with Gasteiger partial charge in [0.15, 0.2) is 0 Å². The van der Waals surface area contributed by atoms with Crippen LogP contribution in [-0.2, 0) is 9.63 Å². The standard InChI is InChI=1S/C19H27NO4/c1-14(2)7-6-8-15(3)11-19(21)24-20-13-16-9-10-17(22-4)12-18(16)23-5/h7,9-10,12-13,15H,6,8,11H2,1-5H3/b20-13+. The number of benzene rings is 1. The van der Waals surface area contributed by atoms with Crippen molar-refractivity contribution >= 4 is 12.2 Å². The highest BCUT2D eigenvalue weighted by Gasteiger charge is 2.10. The van der Waals surface area contributed by atoms with E-state index in [1.54, 1.807) is 32.4 Å². The fraction of sp³-hybridized carbons (Fsp3) is 0.474. The molecule has 132 valence electrons. The van der Waals surface area contributed by atoms with Gasteiger partial charge in [0.25, 0.3) is 0 Å². The summed E-state index contributed by atoms with van der Waals surface area (Å²) < 4.78 is 10.4. The summed E-state index contributed by atoms with van der Waals surface area (Å²) in [6, 6.07) is 5.32. The molecule has 0 saturated carbocycles. The molecule has 1 aromatic carbocycles. The molecule has 0 aromatic heterocycles. The lowest BCUT2D eigenvalue weighted by atomic mass is 10.0. The summed E-state index contributed by atoms with van der Waals surface area (Å²) in [7, 11) is 3.15. The molecule has 1 rings (SSSR count). The van der Waals surface area contributed by atoms with Crippen molar-refractivity contribution in [1.29, 1.82) is 0 Å². The number of carbonyl (C=O) groups excluding carboxylic acids is 1. The molecule has 24 heavy (non-hydrogen) atoms. The molecule has 5 heteroatoms. The molecule has 0 spiro atoms. The predicted molar refractivity (Wildman–Crippen MR) is 95.7 cm³/mol. The first kappa shape index (κ1) is 19.7. The first-order valence-corrected chi connectivity index (χ1v) is 8.04. The Bertz CT molecular complexity index is 589. The number of nitrogens with zero attached hydrogens (tertiary/aromatic N) is 1. The zero-order valence-electron chi connectivity index (χ0n) is 15.2. The van der Waals surface area contributed by atoms with E-state index in [0.717, 1.165) is 12.8 Å². The minimum atomic E-state index is -0.330. The van der Waals surface area contributed by atoms with Gasteiger partial charge in [-0.15, -0.1) is 0 Å². The summed E-state index contributed by atoms with van der Waals surface area (Å²) >= 11 is 0. The van der Waals surface area contributed by atoms with Crippen molar-refractivity contribution in [3.63, 3.8) is 0 Å². The van der Waals surface area contributed by atoms with Crippen LogP contribution >= 0.6 is 0 Å². The Morgan fingerprint density at radius 2 is 2.00 bits per heavy atom. The number of hydrogen-bond donors (Lipinski definition) is 0. The fourth-order valence-electron chi connectivity index (χ4n) is 2.15. The zero-order chi connectivity index (χ0) is 17.9. The van der Waals surface area contributed by atoms with E-state index in [1.165, 1.54) is 11.8 Å². The lowest BCUT2D eigenvalue weighted by Gasteiger charge is -2.08. The van der Waals surface area contributed by atoms with Gasteiger partial charge in [0, 0.05) is 11.6 Å². The molecule has 0 aliphatic heterocycles. The molecule has 5 nitrogen and oxygen atoms in total. The Morgan fingerprint density at radius 3 is 2.62 bits per heavy atom. The smallest absolute Gasteiger partial charge is 0.335 e. The maximum absolute atomic E-state index is 11.8. The lowest BCUT2D eigenvalue weighted by Crippen LogP contribution is -2.07. The Labute approximate surface area is 144 Å². The highest BCUT2D eigenvalue weighted by atomic mass is 16.7. The van der Waals surface area contributed by atoms with Gasteiger partial charge in [0.05, 0.1) is 26.9 Å². The summed E-state index contributed by atoms with van der Waals surface area (Å²) in [4.78, 5) is 16.7. The molecule has 0 radical (unpaired) electrons. The molecular formula is C19H27NO4. The molecule has 0 aliphatic carbocycles. The summed E-state index contributed by atoms with van der Waals surface area (Å²) in [5.74, 6) is 1.22. The highest BCUT2D eigenvalue weighted by Crippen LogP contribution is 2.23. The molecule has 1 aromatic rings. The van der Waals surface area contributed by atoms with Crippen LogP contribution in [0.5, 0.6) is 11.5 Å². The monoisotopic (exact) mass is 333 g/mol. The second-order valence-electron chi connectivity index (χ2n) is 5.97. The number of carbonyl (C=O) groups is 1. The van der Waals surface area contributed by atoms with E-state index in [9.17, 15) is 4.79 Å². The third-order valence-corrected chi connectivity index (χ3v) is 3.51. The van der Waals surface area contributed by atoms with Gasteiger partial charge in [-0.1, -0.05) is 23.7 Å². The van der Waals surface area contributed by atoms with Crippen molar-refractivity contribution in [2.45, 2.75) is 40.0 Å². The maximum Gasteiger partial charge on any atom is 0.335 e. The predicted octanol–water partition coefficient (Wildman–Crippen LogP) is 4.35. The fourth-order valence-corrected chi connectivity index (χ4v) is 2.15. The van der Waals surface area contributed by atoms with Crippen molar-refractivity contribution in [2.75, 3.05) is 14.2 Å². The van der Waals surface area contributed by atoms with Crippen molar-refractivity contribution in [3.05, 3.63) is 35.4 Å². The Hall–Kier alpha value is -2.30. The van der Waals surface area contributed by atoms with Gasteiger partial charge in [0.2, 0.25) is 0 Å². The van der Waals surface area contributed by atoms with Gasteiger partial charge in [0.1, 0.15) is 11.5 Å². The molecule has 0 bridgehead atoms. The van der Waals surface area contributed by atoms with E-state index < -0.39 is 0 Å². The molecule has 0 fully saturated rings. The van der Waals surface area contributed by atoms with E-state index in [0.29, 0.717) is 23.5 Å². The van der Waals surface area contributed by atoms with E-state index in [-0.39, 0.29) is 11.9 Å². The van der Waals surface area contributed by atoms with Crippen LogP contribution in [0.4, 0.5) is 0 Å². The maximum atomic E-state index is 11.8. The Kier molecular flexibility index (Phi) is 8.61. The van der Waals surface area contributed by atoms with Crippen molar-refractivity contribution in [1.82, 2.24) is 0 Å². The summed E-state index contributed by atoms with van der Waals surface area (Å²) in [6.45, 7) is 6.18. The number of allylic oxidation sites excluding steroid dienone is 2. The SMILES string of the molecule is COc1ccc(/C=N/OC(=O)CC(C)CCC=C(C)C)c(OC)c1. The van der Waals surface area contributed by atoms with Gasteiger partial charge >= 0.3 is 5.97 Å². The first-order chi connectivity index (χ1) is 11.5. The van der Waals surface area contributed by atoms with E-state index in [1.807, 2.05) is 6.92 Å². The van der Waals surface area contributed by atoms with Crippen LogP contribution in [0, 0.1) is 5.92 Å². The Morgan fingerprint density at radius 1 is 1.25 bits per heavy atom. The van der Waals surface area contributed by atoms with E-state index >= 15 is 0 Å². The van der Waals surface area contributed by atoms with Crippen molar-refractivity contribution in [3.8, 4) is 11.5 Å². The second-order valence-corrected chi connectivity index (χ2v) is 5.97. The zero-order valence-corrected chi connectivity index (χ0v) is 15.2. The molecule has 0 aliphatic rings. The van der Waals surface area contributed by atoms with Crippen LogP contribution < -0.4 is 9.47 Å². The number of hydrogen-bond acceptors (Lipinski definition) is 5. The molecule has 0 saturated heterocycles. The normalized spacial score (nSPS) is 11.9. The molecule has 0 N–H and O–H groups in total. The number of rotatable bonds is 9. The average Bonchev–Trinajstić information content (AvgIpc) is 2.54.